The number of aliphatic hydroxyl groups is 3. The van der Waals surface area contributed by atoms with E-state index in [-0.39, 0.29) is 6.42 Å². The fourth-order valence-corrected chi connectivity index (χ4v) is 7.76. The number of ketones is 1. The van der Waals surface area contributed by atoms with Crippen molar-refractivity contribution in [2.45, 2.75) is 89.0 Å². The first kappa shape index (κ1) is 29.7. The number of carbonyl (C=O) groups is 3. The average molecular weight is 554 g/mol. The number of nitrogens with one attached hydrogen (secondary N) is 1. The van der Waals surface area contributed by atoms with Crippen LogP contribution in [0, 0.1) is 16.7 Å². The number of carbonyl (C=O) groups excluding carboxylic acids is 3. The van der Waals surface area contributed by atoms with E-state index in [9.17, 15) is 29.7 Å². The van der Waals surface area contributed by atoms with Crippen molar-refractivity contribution in [2.24, 2.45) is 16.7 Å². The van der Waals surface area contributed by atoms with Gasteiger partial charge in [0.15, 0.2) is 17.5 Å². The van der Waals surface area contributed by atoms with Gasteiger partial charge in [-0.1, -0.05) is 26.8 Å². The van der Waals surface area contributed by atoms with Crippen molar-refractivity contribution in [2.75, 3.05) is 33.2 Å². The maximum absolute atomic E-state index is 13.9. The van der Waals surface area contributed by atoms with Crippen molar-refractivity contribution in [3.8, 4) is 0 Å². The van der Waals surface area contributed by atoms with Crippen LogP contribution in [0.5, 0.6) is 0 Å². The highest BCUT2D eigenvalue weighted by Crippen LogP contribution is 2.67. The Hall–Kier alpha value is -2.25. The minimum absolute atomic E-state index is 0.226. The van der Waals surface area contributed by atoms with Gasteiger partial charge in [-0.05, 0) is 39.2 Å². The standard InChI is InChI=1S/C27H43N3O9/c1-8-24(4)15-17(32)27(36)25(5)16(31)9-10-23(2,3)19(25)18(33)20(26(27,6)39-24)37-21(34)28-38-22(35)30-13-11-29(7)12-14-30/h8,16,18-20,31,33,36H,1,9-15H2,2-7H3,(H,28,34)/t16-,18-,19-,20-,24-,25-,26+,27-/m0/s1. The fourth-order valence-electron chi connectivity index (χ4n) is 7.76. The molecule has 0 unspecified atom stereocenters. The Morgan fingerprint density at radius 2 is 1.74 bits per heavy atom. The van der Waals surface area contributed by atoms with Crippen LogP contribution in [0.25, 0.3) is 0 Å². The van der Waals surface area contributed by atoms with E-state index >= 15 is 0 Å². The second-order valence-corrected chi connectivity index (χ2v) is 12.9. The quantitative estimate of drug-likeness (QED) is 0.287. The number of hydrogen-bond acceptors (Lipinski definition) is 10. The van der Waals surface area contributed by atoms with Gasteiger partial charge >= 0.3 is 12.2 Å². The van der Waals surface area contributed by atoms with Crippen LogP contribution in [0.1, 0.15) is 53.9 Å². The summed E-state index contributed by atoms with van der Waals surface area (Å²) in [5, 5.41) is 35.6. The smallest absolute Gasteiger partial charge is 0.438 e. The number of Topliss-reactive ketones (excluding diaryl/α,β-unsaturated/α-hetero) is 1. The van der Waals surface area contributed by atoms with E-state index in [1.807, 2.05) is 26.4 Å². The summed E-state index contributed by atoms with van der Waals surface area (Å²) in [7, 11) is 1.93. The van der Waals surface area contributed by atoms with Crippen molar-refractivity contribution < 1.29 is 44.0 Å². The summed E-state index contributed by atoms with van der Waals surface area (Å²) >= 11 is 0. The number of aliphatic hydroxyl groups excluding tert-OH is 2. The summed E-state index contributed by atoms with van der Waals surface area (Å²) in [4.78, 5) is 47.7. The van der Waals surface area contributed by atoms with Gasteiger partial charge in [-0.2, -0.15) is 0 Å². The van der Waals surface area contributed by atoms with Crippen LogP contribution in [0.2, 0.25) is 0 Å². The summed E-state index contributed by atoms with van der Waals surface area (Å²) < 4.78 is 12.0. The first-order chi connectivity index (χ1) is 18.0. The van der Waals surface area contributed by atoms with Crippen molar-refractivity contribution in [1.29, 1.82) is 0 Å². The van der Waals surface area contributed by atoms with Crippen molar-refractivity contribution >= 4 is 18.0 Å². The minimum atomic E-state index is -2.34. The van der Waals surface area contributed by atoms with Crippen LogP contribution < -0.4 is 5.48 Å². The topological polar surface area (TPSA) is 158 Å². The first-order valence-corrected chi connectivity index (χ1v) is 13.5. The molecule has 220 valence electrons. The predicted octanol–water partition coefficient (Wildman–Crippen LogP) is 0.982. The Balaban J connectivity index is 1.67. The van der Waals surface area contributed by atoms with Crippen molar-refractivity contribution in [3.05, 3.63) is 12.7 Å². The van der Waals surface area contributed by atoms with E-state index < -0.39 is 69.8 Å². The van der Waals surface area contributed by atoms with E-state index in [0.717, 1.165) is 0 Å². The van der Waals surface area contributed by atoms with Crippen LogP contribution in [0.3, 0.4) is 0 Å². The predicted molar refractivity (Wildman–Crippen MR) is 138 cm³/mol. The Morgan fingerprint density at radius 3 is 2.33 bits per heavy atom. The number of rotatable bonds is 2. The second-order valence-electron chi connectivity index (χ2n) is 12.9. The van der Waals surface area contributed by atoms with Gasteiger partial charge < -0.3 is 39.4 Å². The number of likely N-dealkylation sites (N-methyl/N-ethyl adjacent to an activating group) is 1. The summed E-state index contributed by atoms with van der Waals surface area (Å²) in [5.74, 6) is -1.47. The monoisotopic (exact) mass is 553 g/mol. The van der Waals surface area contributed by atoms with Crippen LogP contribution in [-0.2, 0) is 19.1 Å². The molecule has 2 heterocycles. The zero-order valence-electron chi connectivity index (χ0n) is 23.7. The summed E-state index contributed by atoms with van der Waals surface area (Å²) in [6.07, 6.45) is -4.15. The molecule has 4 fully saturated rings. The molecule has 0 bridgehead atoms. The Bertz CT molecular complexity index is 1030. The molecule has 2 amide bonds. The molecule has 2 saturated heterocycles. The third-order valence-corrected chi connectivity index (χ3v) is 9.94. The molecule has 39 heavy (non-hydrogen) atoms. The molecule has 0 aromatic heterocycles. The SMILES string of the molecule is C=C[C@@]1(C)CC(=O)[C@]2(O)[C@@]3(C)[C@@H](O)CCC(C)(C)[C@@H]3[C@H](O)[C@H](OC(=O)NOC(=O)N3CCN(C)CC3)[C@@]2(C)O1. The number of nitrogens with zero attached hydrogens (tertiary/aromatic N) is 2. The second kappa shape index (κ2) is 9.69. The van der Waals surface area contributed by atoms with Gasteiger partial charge in [0.25, 0.3) is 0 Å². The minimum Gasteiger partial charge on any atom is -0.438 e. The molecule has 2 aliphatic heterocycles. The molecule has 12 nitrogen and oxygen atoms in total. The van der Waals surface area contributed by atoms with Gasteiger partial charge in [0.05, 0.1) is 17.8 Å². The van der Waals surface area contributed by atoms with E-state index in [1.165, 1.54) is 17.9 Å². The number of hydroxylamine groups is 1. The summed E-state index contributed by atoms with van der Waals surface area (Å²) in [5.41, 5.74) is -5.81. The van der Waals surface area contributed by atoms with E-state index in [0.29, 0.717) is 39.0 Å². The molecular weight excluding hydrogens is 510 g/mol. The maximum Gasteiger partial charge on any atom is 0.441 e. The lowest BCUT2D eigenvalue weighted by atomic mass is 9.40. The lowest BCUT2D eigenvalue weighted by molar-refractivity contribution is -0.369. The lowest BCUT2D eigenvalue weighted by Gasteiger charge is -2.71. The number of amides is 2. The number of ether oxygens (including phenoxy) is 2. The molecule has 4 aliphatic rings. The Kier molecular flexibility index (Phi) is 7.39. The highest BCUT2D eigenvalue weighted by Gasteiger charge is 2.81. The van der Waals surface area contributed by atoms with E-state index in [1.54, 1.807) is 13.8 Å². The Labute approximate surface area is 229 Å². The van der Waals surface area contributed by atoms with E-state index in [2.05, 4.69) is 11.5 Å². The van der Waals surface area contributed by atoms with Gasteiger partial charge in [0, 0.05) is 43.9 Å². The van der Waals surface area contributed by atoms with Crippen molar-refractivity contribution in [1.82, 2.24) is 15.3 Å². The number of hydrogen-bond donors (Lipinski definition) is 4. The molecule has 4 N–H and O–H groups in total. The van der Waals surface area contributed by atoms with Gasteiger partial charge in [0.1, 0.15) is 5.60 Å². The first-order valence-electron chi connectivity index (χ1n) is 13.5. The van der Waals surface area contributed by atoms with Gasteiger partial charge in [0.2, 0.25) is 0 Å². The Morgan fingerprint density at radius 1 is 1.13 bits per heavy atom. The molecule has 8 atom stereocenters. The van der Waals surface area contributed by atoms with Crippen LogP contribution in [0.4, 0.5) is 9.59 Å². The maximum atomic E-state index is 13.9. The molecule has 4 rings (SSSR count). The van der Waals surface area contributed by atoms with Gasteiger partial charge in [-0.3, -0.25) is 4.79 Å². The van der Waals surface area contributed by atoms with Crippen LogP contribution in [0.15, 0.2) is 12.7 Å². The molecular formula is C27H43N3O9. The highest BCUT2D eigenvalue weighted by atomic mass is 16.7. The van der Waals surface area contributed by atoms with E-state index in [4.69, 9.17) is 14.3 Å². The zero-order chi connectivity index (χ0) is 29.2. The molecule has 0 spiro atoms. The van der Waals surface area contributed by atoms with Gasteiger partial charge in [-0.25, -0.2) is 9.59 Å². The van der Waals surface area contributed by atoms with Crippen LogP contribution >= 0.6 is 0 Å². The number of fused-ring (bicyclic) bond motifs is 3. The average Bonchev–Trinajstić information content (AvgIpc) is 2.86. The highest BCUT2D eigenvalue weighted by molar-refractivity contribution is 5.92. The lowest BCUT2D eigenvalue weighted by Crippen LogP contribution is -2.86. The summed E-state index contributed by atoms with van der Waals surface area (Å²) in [6.45, 7) is 14.3. The molecule has 12 heteroatoms. The zero-order valence-corrected chi connectivity index (χ0v) is 23.7. The third kappa shape index (κ3) is 4.35. The fraction of sp³-hybridized carbons (Fsp3) is 0.815. The molecule has 2 saturated carbocycles. The number of piperazine rings is 1. The molecule has 2 aliphatic carbocycles. The normalized spacial score (nSPS) is 44.0. The van der Waals surface area contributed by atoms with Crippen molar-refractivity contribution in [3.63, 3.8) is 0 Å². The van der Waals surface area contributed by atoms with Gasteiger partial charge in [-0.15, -0.1) is 12.1 Å². The molecule has 0 aromatic carbocycles. The van der Waals surface area contributed by atoms with Crippen LogP contribution in [-0.4, -0.2) is 111 Å². The molecule has 0 radical (unpaired) electrons. The molecule has 0 aromatic rings. The third-order valence-electron chi connectivity index (χ3n) is 9.94. The summed E-state index contributed by atoms with van der Waals surface area (Å²) in [6, 6.07) is 0. The largest absolute Gasteiger partial charge is 0.441 e.